The summed E-state index contributed by atoms with van der Waals surface area (Å²) in [4.78, 5) is 23.6. The van der Waals surface area contributed by atoms with Gasteiger partial charge < -0.3 is 10.6 Å². The van der Waals surface area contributed by atoms with Gasteiger partial charge in [0.15, 0.2) is 0 Å². The van der Waals surface area contributed by atoms with Gasteiger partial charge in [0.2, 0.25) is 11.8 Å². The molecule has 4 nitrogen and oxygen atoms in total. The van der Waals surface area contributed by atoms with Crippen LogP contribution >= 0.6 is 0 Å². The molecule has 7 heteroatoms. The molecule has 0 heterocycles. The Morgan fingerprint density at radius 3 is 2.46 bits per heavy atom. The summed E-state index contributed by atoms with van der Waals surface area (Å²) in [7, 11) is 0. The topological polar surface area (TPSA) is 58.2 Å². The normalized spacial score (nSPS) is 15.9. The predicted molar refractivity (Wildman–Crippen MR) is 82.9 cm³/mol. The largest absolute Gasteiger partial charge is 0.416 e. The minimum Gasteiger partial charge on any atom is -0.348 e. The average Bonchev–Trinajstić information content (AvgIpc) is 3.34. The van der Waals surface area contributed by atoms with Crippen LogP contribution in [0.5, 0.6) is 0 Å². The molecule has 0 aromatic heterocycles. The van der Waals surface area contributed by atoms with Crippen molar-refractivity contribution < 1.29 is 22.8 Å². The monoisotopic (exact) mass is 342 g/mol. The summed E-state index contributed by atoms with van der Waals surface area (Å²) in [5, 5.41) is 5.25. The molecule has 0 aliphatic heterocycles. The van der Waals surface area contributed by atoms with E-state index >= 15 is 0 Å². The number of hydrogen-bond acceptors (Lipinski definition) is 2. The van der Waals surface area contributed by atoms with Crippen LogP contribution in [0.25, 0.3) is 0 Å². The van der Waals surface area contributed by atoms with Crippen molar-refractivity contribution in [3.8, 4) is 0 Å². The van der Waals surface area contributed by atoms with E-state index in [1.54, 1.807) is 6.07 Å². The number of rotatable bonds is 6. The zero-order valence-electron chi connectivity index (χ0n) is 13.6. The third-order valence-corrected chi connectivity index (χ3v) is 3.93. The third-order valence-electron chi connectivity index (χ3n) is 3.93. The van der Waals surface area contributed by atoms with Gasteiger partial charge in [-0.15, -0.1) is 0 Å². The van der Waals surface area contributed by atoms with Crippen LogP contribution in [0.2, 0.25) is 0 Å². The molecule has 24 heavy (non-hydrogen) atoms. The fraction of sp³-hybridized carbons (Fsp3) is 0.529. The SMILES string of the molecule is CC(C)[C@@H](NC(=O)CNC(=O)C1CC1)c1cccc(C(F)(F)F)c1. The minimum absolute atomic E-state index is 0.00200. The zero-order valence-corrected chi connectivity index (χ0v) is 13.6. The van der Waals surface area contributed by atoms with Crippen LogP contribution in [0.4, 0.5) is 13.2 Å². The fourth-order valence-electron chi connectivity index (χ4n) is 2.43. The van der Waals surface area contributed by atoms with Crippen molar-refractivity contribution in [3.63, 3.8) is 0 Å². The lowest BCUT2D eigenvalue weighted by Gasteiger charge is -2.24. The van der Waals surface area contributed by atoms with Crippen molar-refractivity contribution in [1.29, 1.82) is 0 Å². The van der Waals surface area contributed by atoms with Crippen molar-refractivity contribution in [1.82, 2.24) is 10.6 Å². The summed E-state index contributed by atoms with van der Waals surface area (Å²) in [5.74, 6) is -0.663. The van der Waals surface area contributed by atoms with Crippen molar-refractivity contribution in [3.05, 3.63) is 35.4 Å². The maximum atomic E-state index is 12.9. The summed E-state index contributed by atoms with van der Waals surface area (Å²) >= 11 is 0. The number of amides is 2. The molecule has 0 unspecified atom stereocenters. The Bertz CT molecular complexity index is 610. The first-order valence-corrected chi connectivity index (χ1v) is 7.92. The maximum Gasteiger partial charge on any atom is 0.416 e. The minimum atomic E-state index is -4.43. The number of hydrogen-bond donors (Lipinski definition) is 2. The zero-order chi connectivity index (χ0) is 17.9. The molecule has 2 rings (SSSR count). The molecule has 1 atom stereocenters. The van der Waals surface area contributed by atoms with E-state index < -0.39 is 23.7 Å². The van der Waals surface area contributed by atoms with Crippen LogP contribution in [0, 0.1) is 11.8 Å². The third kappa shape index (κ3) is 4.97. The van der Waals surface area contributed by atoms with Crippen molar-refractivity contribution in [2.45, 2.75) is 38.9 Å². The highest BCUT2D eigenvalue weighted by molar-refractivity contribution is 5.87. The second-order valence-corrected chi connectivity index (χ2v) is 6.40. The van der Waals surface area contributed by atoms with Gasteiger partial charge in [0.25, 0.3) is 0 Å². The van der Waals surface area contributed by atoms with Gasteiger partial charge in [-0.25, -0.2) is 0 Å². The highest BCUT2D eigenvalue weighted by atomic mass is 19.4. The van der Waals surface area contributed by atoms with E-state index in [2.05, 4.69) is 10.6 Å². The lowest BCUT2D eigenvalue weighted by atomic mass is 9.94. The van der Waals surface area contributed by atoms with E-state index in [0.717, 1.165) is 25.0 Å². The molecule has 2 N–H and O–H groups in total. The molecule has 0 saturated heterocycles. The Morgan fingerprint density at radius 2 is 1.92 bits per heavy atom. The first kappa shape index (κ1) is 18.3. The summed E-state index contributed by atoms with van der Waals surface area (Å²) in [5.41, 5.74) is -0.358. The molecule has 0 spiro atoms. The highest BCUT2D eigenvalue weighted by Crippen LogP contribution is 2.32. The quantitative estimate of drug-likeness (QED) is 0.835. The van der Waals surface area contributed by atoms with E-state index in [4.69, 9.17) is 0 Å². The van der Waals surface area contributed by atoms with Crippen LogP contribution in [-0.4, -0.2) is 18.4 Å². The summed E-state index contributed by atoms with van der Waals surface area (Å²) in [6.45, 7) is 3.46. The molecule has 1 aliphatic rings. The Hall–Kier alpha value is -2.05. The summed E-state index contributed by atoms with van der Waals surface area (Å²) < 4.78 is 38.6. The van der Waals surface area contributed by atoms with Crippen molar-refractivity contribution in [2.24, 2.45) is 11.8 Å². The van der Waals surface area contributed by atoms with Gasteiger partial charge >= 0.3 is 6.18 Å². The van der Waals surface area contributed by atoms with Crippen LogP contribution in [0.1, 0.15) is 43.9 Å². The number of carbonyl (C=O) groups excluding carboxylic acids is 2. The number of alkyl halides is 3. The summed E-state index contributed by atoms with van der Waals surface area (Å²) in [6.07, 6.45) is -2.75. The van der Waals surface area contributed by atoms with Gasteiger partial charge in [0, 0.05) is 5.92 Å². The number of carbonyl (C=O) groups is 2. The van der Waals surface area contributed by atoms with Crippen LogP contribution in [-0.2, 0) is 15.8 Å². The lowest BCUT2D eigenvalue weighted by molar-refractivity contribution is -0.137. The van der Waals surface area contributed by atoms with Crippen LogP contribution in [0.15, 0.2) is 24.3 Å². The van der Waals surface area contributed by atoms with Crippen LogP contribution in [0.3, 0.4) is 0 Å². The molecular formula is C17H21F3N2O2. The van der Waals surface area contributed by atoms with Crippen LogP contribution < -0.4 is 10.6 Å². The average molecular weight is 342 g/mol. The predicted octanol–water partition coefficient (Wildman–Crippen LogP) is 3.04. The standard InChI is InChI=1S/C17H21F3N2O2/c1-10(2)15(12-4-3-5-13(8-12)17(18,19)20)22-14(23)9-21-16(24)11-6-7-11/h3-5,8,10-11,15H,6-7,9H2,1-2H3,(H,21,24)(H,22,23)/t15-/m1/s1. The molecule has 1 aromatic carbocycles. The van der Waals surface area contributed by atoms with E-state index in [9.17, 15) is 22.8 Å². The summed E-state index contributed by atoms with van der Waals surface area (Å²) in [6, 6.07) is 4.38. The van der Waals surface area contributed by atoms with Gasteiger partial charge in [-0.1, -0.05) is 26.0 Å². The van der Waals surface area contributed by atoms with E-state index in [1.165, 1.54) is 6.07 Å². The molecule has 1 saturated carbocycles. The number of nitrogens with one attached hydrogen (secondary N) is 2. The van der Waals surface area contributed by atoms with E-state index in [1.807, 2.05) is 13.8 Å². The van der Waals surface area contributed by atoms with Gasteiger partial charge in [0.1, 0.15) is 0 Å². The molecule has 1 aromatic rings. The Balaban J connectivity index is 2.03. The number of benzene rings is 1. The Kier molecular flexibility index (Phi) is 5.51. The van der Waals surface area contributed by atoms with Gasteiger partial charge in [0.05, 0.1) is 18.2 Å². The Labute approximate surface area is 138 Å². The molecule has 1 fully saturated rings. The smallest absolute Gasteiger partial charge is 0.348 e. The van der Waals surface area contributed by atoms with Gasteiger partial charge in [-0.3, -0.25) is 9.59 Å². The molecule has 0 bridgehead atoms. The highest BCUT2D eigenvalue weighted by Gasteiger charge is 2.32. The van der Waals surface area contributed by atoms with Gasteiger partial charge in [-0.2, -0.15) is 13.2 Å². The molecule has 132 valence electrons. The first-order valence-electron chi connectivity index (χ1n) is 7.92. The van der Waals surface area contributed by atoms with Gasteiger partial charge in [-0.05, 0) is 36.5 Å². The molecule has 2 amide bonds. The van der Waals surface area contributed by atoms with Crippen molar-refractivity contribution in [2.75, 3.05) is 6.54 Å². The maximum absolute atomic E-state index is 12.9. The molecule has 0 radical (unpaired) electrons. The fourth-order valence-corrected chi connectivity index (χ4v) is 2.43. The van der Waals surface area contributed by atoms with E-state index in [0.29, 0.717) is 5.56 Å². The number of halogens is 3. The Morgan fingerprint density at radius 1 is 1.25 bits per heavy atom. The lowest BCUT2D eigenvalue weighted by Crippen LogP contribution is -2.40. The van der Waals surface area contributed by atoms with Crippen molar-refractivity contribution >= 4 is 11.8 Å². The second-order valence-electron chi connectivity index (χ2n) is 6.40. The molecular weight excluding hydrogens is 321 g/mol. The second kappa shape index (κ2) is 7.23. The first-order chi connectivity index (χ1) is 11.2. The molecule has 1 aliphatic carbocycles. The van der Waals surface area contributed by atoms with E-state index in [-0.39, 0.29) is 24.3 Å².